The van der Waals surface area contributed by atoms with Crippen molar-refractivity contribution in [3.05, 3.63) is 27.8 Å². The second-order valence-corrected chi connectivity index (χ2v) is 4.89. The van der Waals surface area contributed by atoms with E-state index in [1.54, 1.807) is 6.92 Å². The lowest BCUT2D eigenvalue weighted by Gasteiger charge is -2.00. The molecule has 2 rings (SSSR count). The highest BCUT2D eigenvalue weighted by Crippen LogP contribution is 2.09. The molecule has 2 N–H and O–H groups in total. The van der Waals surface area contributed by atoms with Crippen molar-refractivity contribution in [2.24, 2.45) is 0 Å². The van der Waals surface area contributed by atoms with Crippen LogP contribution in [0.5, 0.6) is 0 Å². The third-order valence-corrected chi connectivity index (χ3v) is 3.19. The fourth-order valence-corrected chi connectivity index (χ4v) is 2.12. The molecule has 0 bridgehead atoms. The third-order valence-electron chi connectivity index (χ3n) is 2.34. The highest BCUT2D eigenvalue weighted by Gasteiger charge is 2.10. The topological polar surface area (TPSA) is 118 Å². The van der Waals surface area contributed by atoms with Crippen LogP contribution in [0.2, 0.25) is 0 Å². The zero-order valence-corrected chi connectivity index (χ0v) is 11.4. The fraction of sp³-hybridized carbons (Fsp3) is 0.364. The SMILES string of the molecule is Cc1noc(CCC(=O)NCc2nc(C(=O)O)cs2)n1. The first kappa shape index (κ1) is 14.1. The van der Waals surface area contributed by atoms with E-state index in [0.29, 0.717) is 23.1 Å². The van der Waals surface area contributed by atoms with Crippen LogP contribution in [0.15, 0.2) is 9.90 Å². The second kappa shape index (κ2) is 6.24. The molecule has 2 heterocycles. The van der Waals surface area contributed by atoms with Crippen LogP contribution in [0, 0.1) is 6.92 Å². The number of aromatic carboxylic acids is 1. The number of hydrogen-bond acceptors (Lipinski definition) is 7. The Morgan fingerprint density at radius 3 is 2.85 bits per heavy atom. The van der Waals surface area contributed by atoms with Gasteiger partial charge in [-0.15, -0.1) is 11.3 Å². The highest BCUT2D eigenvalue weighted by molar-refractivity contribution is 7.09. The molecule has 0 aliphatic carbocycles. The molecule has 1 amide bonds. The van der Waals surface area contributed by atoms with Crippen molar-refractivity contribution in [3.63, 3.8) is 0 Å². The van der Waals surface area contributed by atoms with Gasteiger partial charge in [0.2, 0.25) is 11.8 Å². The molecule has 2 aromatic heterocycles. The standard InChI is InChI=1S/C11H12N4O4S/c1-6-13-9(19-15-6)3-2-8(16)12-4-10-14-7(5-20-10)11(17)18/h5H,2-4H2,1H3,(H,12,16)(H,17,18). The van der Waals surface area contributed by atoms with E-state index in [-0.39, 0.29) is 24.6 Å². The van der Waals surface area contributed by atoms with Gasteiger partial charge in [0, 0.05) is 18.2 Å². The highest BCUT2D eigenvalue weighted by atomic mass is 32.1. The van der Waals surface area contributed by atoms with E-state index < -0.39 is 5.97 Å². The van der Waals surface area contributed by atoms with Crippen LogP contribution >= 0.6 is 11.3 Å². The number of aryl methyl sites for hydroxylation is 2. The normalized spacial score (nSPS) is 10.4. The zero-order chi connectivity index (χ0) is 14.5. The van der Waals surface area contributed by atoms with Gasteiger partial charge in [0.05, 0.1) is 6.54 Å². The monoisotopic (exact) mass is 296 g/mol. The quantitative estimate of drug-likeness (QED) is 0.808. The summed E-state index contributed by atoms with van der Waals surface area (Å²) in [6.07, 6.45) is 0.587. The molecule has 8 nitrogen and oxygen atoms in total. The molecule has 0 spiro atoms. The number of nitrogens with one attached hydrogen (secondary N) is 1. The molecule has 0 fully saturated rings. The summed E-state index contributed by atoms with van der Waals surface area (Å²) in [7, 11) is 0. The van der Waals surface area contributed by atoms with Gasteiger partial charge in [-0.05, 0) is 6.92 Å². The Balaban J connectivity index is 1.75. The third kappa shape index (κ3) is 3.85. The molecule has 0 unspecified atom stereocenters. The summed E-state index contributed by atoms with van der Waals surface area (Å²) in [6.45, 7) is 1.91. The van der Waals surface area contributed by atoms with Crippen molar-refractivity contribution in [2.45, 2.75) is 26.3 Å². The van der Waals surface area contributed by atoms with Crippen LogP contribution in [-0.4, -0.2) is 32.1 Å². The number of rotatable bonds is 6. The van der Waals surface area contributed by atoms with Gasteiger partial charge >= 0.3 is 5.97 Å². The average Bonchev–Trinajstić information content (AvgIpc) is 3.03. The number of carbonyl (C=O) groups excluding carboxylic acids is 1. The first-order valence-corrected chi connectivity index (χ1v) is 6.66. The Kier molecular flexibility index (Phi) is 4.41. The summed E-state index contributed by atoms with van der Waals surface area (Å²) in [5, 5.41) is 17.0. The molecule has 0 saturated heterocycles. The van der Waals surface area contributed by atoms with Crippen molar-refractivity contribution in [1.29, 1.82) is 0 Å². The number of carbonyl (C=O) groups is 2. The number of amides is 1. The van der Waals surface area contributed by atoms with E-state index in [4.69, 9.17) is 9.63 Å². The number of hydrogen-bond donors (Lipinski definition) is 2. The first-order chi connectivity index (χ1) is 9.54. The number of aromatic nitrogens is 3. The second-order valence-electron chi connectivity index (χ2n) is 3.94. The summed E-state index contributed by atoms with van der Waals surface area (Å²) in [4.78, 5) is 30.1. The summed E-state index contributed by atoms with van der Waals surface area (Å²) in [6, 6.07) is 0. The molecule has 20 heavy (non-hydrogen) atoms. The maximum atomic E-state index is 11.6. The Labute approximate surface area is 117 Å². The average molecular weight is 296 g/mol. The minimum absolute atomic E-state index is 0.0133. The van der Waals surface area contributed by atoms with Crippen LogP contribution in [0.4, 0.5) is 0 Å². The van der Waals surface area contributed by atoms with Gasteiger partial charge < -0.3 is 14.9 Å². The van der Waals surface area contributed by atoms with E-state index >= 15 is 0 Å². The number of thiazole rings is 1. The van der Waals surface area contributed by atoms with Gasteiger partial charge in [-0.1, -0.05) is 5.16 Å². The lowest BCUT2D eigenvalue weighted by molar-refractivity contribution is -0.121. The lowest BCUT2D eigenvalue weighted by atomic mass is 10.3. The summed E-state index contributed by atoms with van der Waals surface area (Å²) >= 11 is 1.19. The van der Waals surface area contributed by atoms with Crippen molar-refractivity contribution in [2.75, 3.05) is 0 Å². The molecule has 0 atom stereocenters. The zero-order valence-electron chi connectivity index (χ0n) is 10.6. The van der Waals surface area contributed by atoms with Crippen LogP contribution in [0.25, 0.3) is 0 Å². The molecular weight excluding hydrogens is 284 g/mol. The summed E-state index contributed by atoms with van der Waals surface area (Å²) in [5.74, 6) is -0.317. The van der Waals surface area contributed by atoms with E-state index in [1.165, 1.54) is 16.7 Å². The van der Waals surface area contributed by atoms with Gasteiger partial charge in [0.1, 0.15) is 5.01 Å². The van der Waals surface area contributed by atoms with E-state index in [2.05, 4.69) is 20.4 Å². The number of carboxylic acid groups (broad SMARTS) is 1. The fourth-order valence-electron chi connectivity index (χ4n) is 1.41. The maximum Gasteiger partial charge on any atom is 0.355 e. The van der Waals surface area contributed by atoms with E-state index in [1.807, 2.05) is 0 Å². The Morgan fingerprint density at radius 1 is 1.45 bits per heavy atom. The largest absolute Gasteiger partial charge is 0.476 e. The van der Waals surface area contributed by atoms with Crippen molar-refractivity contribution in [3.8, 4) is 0 Å². The van der Waals surface area contributed by atoms with Gasteiger partial charge in [-0.3, -0.25) is 4.79 Å². The summed E-state index contributed by atoms with van der Waals surface area (Å²) < 4.78 is 4.89. The lowest BCUT2D eigenvalue weighted by Crippen LogP contribution is -2.23. The van der Waals surface area contributed by atoms with Crippen molar-refractivity contribution in [1.82, 2.24) is 20.4 Å². The molecule has 2 aromatic rings. The van der Waals surface area contributed by atoms with Crippen molar-refractivity contribution < 1.29 is 19.2 Å². The minimum atomic E-state index is -1.08. The predicted molar refractivity (Wildman–Crippen MR) is 68.3 cm³/mol. The predicted octanol–water partition coefficient (Wildman–Crippen LogP) is 0.782. The Bertz CT molecular complexity index is 621. The first-order valence-electron chi connectivity index (χ1n) is 5.78. The minimum Gasteiger partial charge on any atom is -0.476 e. The Morgan fingerprint density at radius 2 is 2.25 bits per heavy atom. The molecule has 9 heteroatoms. The molecule has 106 valence electrons. The smallest absolute Gasteiger partial charge is 0.355 e. The molecule has 0 saturated carbocycles. The Hall–Kier alpha value is -2.29. The van der Waals surface area contributed by atoms with Crippen LogP contribution in [0.1, 0.15) is 33.6 Å². The number of carboxylic acids is 1. The van der Waals surface area contributed by atoms with E-state index in [0.717, 1.165) is 0 Å². The summed E-state index contributed by atoms with van der Waals surface area (Å²) in [5.41, 5.74) is -0.0133. The van der Waals surface area contributed by atoms with Gasteiger partial charge in [-0.25, -0.2) is 9.78 Å². The van der Waals surface area contributed by atoms with Crippen molar-refractivity contribution >= 4 is 23.2 Å². The molecular formula is C11H12N4O4S. The van der Waals surface area contributed by atoms with Gasteiger partial charge in [-0.2, -0.15) is 4.98 Å². The van der Waals surface area contributed by atoms with Crippen LogP contribution in [0.3, 0.4) is 0 Å². The number of nitrogens with zero attached hydrogens (tertiary/aromatic N) is 3. The molecule has 0 aromatic carbocycles. The van der Waals surface area contributed by atoms with Gasteiger partial charge in [0.15, 0.2) is 11.5 Å². The van der Waals surface area contributed by atoms with Crippen LogP contribution in [-0.2, 0) is 17.8 Å². The molecule has 0 aliphatic rings. The maximum absolute atomic E-state index is 11.6. The molecule has 0 aliphatic heterocycles. The van der Waals surface area contributed by atoms with E-state index in [9.17, 15) is 9.59 Å². The van der Waals surface area contributed by atoms with Crippen LogP contribution < -0.4 is 5.32 Å². The van der Waals surface area contributed by atoms with Gasteiger partial charge in [0.25, 0.3) is 0 Å². The molecule has 0 radical (unpaired) electrons.